The van der Waals surface area contributed by atoms with Crippen molar-refractivity contribution in [3.63, 3.8) is 0 Å². The molecule has 0 saturated carbocycles. The molecule has 0 N–H and O–H groups in total. The minimum atomic E-state index is -0.695. The van der Waals surface area contributed by atoms with Gasteiger partial charge in [-0.15, -0.1) is 0 Å². The van der Waals surface area contributed by atoms with Crippen molar-refractivity contribution in [1.29, 1.82) is 0 Å². The first kappa shape index (κ1) is 26.8. The molecule has 2 aromatic rings. The highest BCUT2D eigenvalue weighted by atomic mass is 16.5. The fourth-order valence-corrected chi connectivity index (χ4v) is 2.99. The molecule has 0 unspecified atom stereocenters. The van der Waals surface area contributed by atoms with Gasteiger partial charge in [0.25, 0.3) is 0 Å². The predicted molar refractivity (Wildman–Crippen MR) is 132 cm³/mol. The summed E-state index contributed by atoms with van der Waals surface area (Å²) >= 11 is 0. The topological polar surface area (TPSA) is 78.9 Å². The van der Waals surface area contributed by atoms with E-state index in [-0.39, 0.29) is 17.7 Å². The van der Waals surface area contributed by atoms with Gasteiger partial charge in [-0.1, -0.05) is 0 Å². The Bertz CT molecular complexity index is 1110. The van der Waals surface area contributed by atoms with Crippen molar-refractivity contribution in [3.8, 4) is 17.2 Å². The van der Waals surface area contributed by atoms with E-state index in [1.54, 1.807) is 71.9 Å². The normalized spacial score (nSPS) is 11.9. The van der Waals surface area contributed by atoms with Crippen LogP contribution in [0, 0.1) is 24.7 Å². The molecule has 6 nitrogen and oxygen atoms in total. The van der Waals surface area contributed by atoms with E-state index in [4.69, 9.17) is 14.2 Å². The molecule has 0 radical (unpaired) electrons. The molecule has 0 aromatic heterocycles. The molecular weight excluding hydrogens is 432 g/mol. The van der Waals surface area contributed by atoms with Gasteiger partial charge in [-0.3, -0.25) is 14.4 Å². The van der Waals surface area contributed by atoms with Crippen molar-refractivity contribution in [2.75, 3.05) is 7.11 Å². The molecule has 34 heavy (non-hydrogen) atoms. The molecule has 0 fully saturated rings. The summed E-state index contributed by atoms with van der Waals surface area (Å²) < 4.78 is 16.6. The third-order valence-corrected chi connectivity index (χ3v) is 5.01. The Kier molecular flexibility index (Phi) is 8.09. The SMILES string of the molecule is COc1c(C)cc(C)c(OC(=O)C(C)(C)C)c1C=CC(=O)c1ccc(OC(=O)C(C)(C)C)cc1. The minimum Gasteiger partial charge on any atom is -0.496 e. The van der Waals surface area contributed by atoms with Crippen LogP contribution in [0.25, 0.3) is 6.08 Å². The highest BCUT2D eigenvalue weighted by Gasteiger charge is 2.27. The van der Waals surface area contributed by atoms with Crippen LogP contribution >= 0.6 is 0 Å². The van der Waals surface area contributed by atoms with Crippen LogP contribution in [0.3, 0.4) is 0 Å². The van der Waals surface area contributed by atoms with Gasteiger partial charge in [0.2, 0.25) is 0 Å². The van der Waals surface area contributed by atoms with Crippen molar-refractivity contribution in [1.82, 2.24) is 0 Å². The van der Waals surface area contributed by atoms with Crippen molar-refractivity contribution >= 4 is 23.8 Å². The lowest BCUT2D eigenvalue weighted by molar-refractivity contribution is -0.143. The summed E-state index contributed by atoms with van der Waals surface area (Å²) in [4.78, 5) is 37.4. The number of hydrogen-bond donors (Lipinski definition) is 0. The summed E-state index contributed by atoms with van der Waals surface area (Å²) in [6, 6.07) is 8.23. The lowest BCUT2D eigenvalue weighted by Crippen LogP contribution is -2.26. The Morgan fingerprint density at radius 3 is 1.76 bits per heavy atom. The van der Waals surface area contributed by atoms with E-state index >= 15 is 0 Å². The fraction of sp³-hybridized carbons (Fsp3) is 0.393. The quantitative estimate of drug-likeness (QED) is 0.221. The molecule has 0 atom stereocenters. The molecule has 0 bridgehead atoms. The standard InChI is InChI=1S/C28H34O6/c1-17-16-18(2)24(34-26(31)28(6,7)8)21(23(17)32-9)14-15-22(29)19-10-12-20(13-11-19)33-25(30)27(3,4)5/h10-16H,1-9H3. The van der Waals surface area contributed by atoms with Crippen molar-refractivity contribution < 1.29 is 28.6 Å². The zero-order valence-electron chi connectivity index (χ0n) is 21.5. The molecule has 0 aliphatic carbocycles. The van der Waals surface area contributed by atoms with Crippen molar-refractivity contribution in [2.24, 2.45) is 10.8 Å². The maximum absolute atomic E-state index is 12.8. The minimum absolute atomic E-state index is 0.261. The molecule has 0 amide bonds. The predicted octanol–water partition coefficient (Wildman–Crippen LogP) is 6.11. The van der Waals surface area contributed by atoms with E-state index in [1.807, 2.05) is 19.9 Å². The summed E-state index contributed by atoms with van der Waals surface area (Å²) in [5.41, 5.74) is 1.22. The molecule has 2 rings (SSSR count). The zero-order chi connectivity index (χ0) is 25.8. The van der Waals surface area contributed by atoms with Gasteiger partial charge in [-0.05, 0) is 109 Å². The van der Waals surface area contributed by atoms with Crippen LogP contribution in [0.5, 0.6) is 17.2 Å². The average Bonchev–Trinajstić information content (AvgIpc) is 2.73. The van der Waals surface area contributed by atoms with Crippen LogP contribution in [-0.2, 0) is 9.59 Å². The van der Waals surface area contributed by atoms with E-state index in [9.17, 15) is 14.4 Å². The highest BCUT2D eigenvalue weighted by Crippen LogP contribution is 2.37. The Balaban J connectivity index is 2.35. The van der Waals surface area contributed by atoms with Gasteiger partial charge < -0.3 is 14.2 Å². The molecule has 0 spiro atoms. The molecule has 0 heterocycles. The van der Waals surface area contributed by atoms with Crippen LogP contribution in [0.15, 0.2) is 36.4 Å². The van der Waals surface area contributed by atoms with E-state index in [2.05, 4.69) is 0 Å². The first-order valence-corrected chi connectivity index (χ1v) is 11.1. The third-order valence-electron chi connectivity index (χ3n) is 5.01. The van der Waals surface area contributed by atoms with Gasteiger partial charge in [0.05, 0.1) is 23.5 Å². The van der Waals surface area contributed by atoms with Gasteiger partial charge in [0.15, 0.2) is 5.78 Å². The van der Waals surface area contributed by atoms with Crippen LogP contribution in [-0.4, -0.2) is 24.8 Å². The summed E-state index contributed by atoms with van der Waals surface area (Å²) in [5, 5.41) is 0. The molecule has 182 valence electrons. The average molecular weight is 467 g/mol. The van der Waals surface area contributed by atoms with E-state index < -0.39 is 10.8 Å². The summed E-state index contributed by atoms with van der Waals surface area (Å²) in [6.45, 7) is 14.4. The monoisotopic (exact) mass is 466 g/mol. The largest absolute Gasteiger partial charge is 0.496 e. The number of rotatable bonds is 6. The number of allylic oxidation sites excluding steroid dienone is 1. The first-order chi connectivity index (χ1) is 15.6. The smallest absolute Gasteiger partial charge is 0.316 e. The Labute approximate surface area is 201 Å². The molecule has 0 saturated heterocycles. The van der Waals surface area contributed by atoms with Gasteiger partial charge in [-0.2, -0.15) is 0 Å². The van der Waals surface area contributed by atoms with E-state index in [0.717, 1.165) is 11.1 Å². The third kappa shape index (κ3) is 6.56. The van der Waals surface area contributed by atoms with Crippen LogP contribution < -0.4 is 14.2 Å². The molecule has 2 aromatic carbocycles. The van der Waals surface area contributed by atoms with Gasteiger partial charge in [-0.25, -0.2) is 0 Å². The lowest BCUT2D eigenvalue weighted by atomic mass is 9.97. The van der Waals surface area contributed by atoms with Crippen LogP contribution in [0.2, 0.25) is 0 Å². The number of benzene rings is 2. The number of carbonyl (C=O) groups excluding carboxylic acids is 3. The number of ketones is 1. The summed E-state index contributed by atoms with van der Waals surface area (Å²) in [5.74, 6) is 0.246. The second-order valence-corrected chi connectivity index (χ2v) is 10.3. The number of esters is 2. The molecule has 6 heteroatoms. The molecule has 0 aliphatic heterocycles. The molecule has 0 aliphatic rings. The first-order valence-electron chi connectivity index (χ1n) is 11.1. The van der Waals surface area contributed by atoms with Gasteiger partial charge in [0, 0.05) is 5.56 Å². The summed E-state index contributed by atoms with van der Waals surface area (Å²) in [6.07, 6.45) is 3.00. The lowest BCUT2D eigenvalue weighted by Gasteiger charge is -2.21. The van der Waals surface area contributed by atoms with Gasteiger partial charge >= 0.3 is 11.9 Å². The number of methoxy groups -OCH3 is 1. The van der Waals surface area contributed by atoms with E-state index in [0.29, 0.717) is 28.4 Å². The Morgan fingerprint density at radius 2 is 1.26 bits per heavy atom. The maximum Gasteiger partial charge on any atom is 0.316 e. The number of ether oxygens (including phenoxy) is 3. The van der Waals surface area contributed by atoms with Crippen LogP contribution in [0.4, 0.5) is 0 Å². The second kappa shape index (κ2) is 10.2. The van der Waals surface area contributed by atoms with Crippen molar-refractivity contribution in [3.05, 3.63) is 58.7 Å². The van der Waals surface area contributed by atoms with E-state index in [1.165, 1.54) is 13.2 Å². The molecular formula is C28H34O6. The summed E-state index contributed by atoms with van der Waals surface area (Å²) in [7, 11) is 1.53. The zero-order valence-corrected chi connectivity index (χ0v) is 21.5. The fourth-order valence-electron chi connectivity index (χ4n) is 2.99. The van der Waals surface area contributed by atoms with Gasteiger partial charge in [0.1, 0.15) is 17.2 Å². The number of hydrogen-bond acceptors (Lipinski definition) is 6. The second-order valence-electron chi connectivity index (χ2n) is 10.3. The Hall–Kier alpha value is -3.41. The highest BCUT2D eigenvalue weighted by molar-refractivity contribution is 6.07. The van der Waals surface area contributed by atoms with Crippen molar-refractivity contribution in [2.45, 2.75) is 55.4 Å². The van der Waals surface area contributed by atoms with Crippen LogP contribution in [0.1, 0.15) is 68.6 Å². The number of carbonyl (C=O) groups is 3. The maximum atomic E-state index is 12.8. The number of aryl methyl sites for hydroxylation is 2. The Morgan fingerprint density at radius 1 is 0.765 bits per heavy atom.